The minimum absolute atomic E-state index is 0.00290. The first-order valence-corrected chi connectivity index (χ1v) is 16.5. The van der Waals surface area contributed by atoms with Crippen LogP contribution in [0.1, 0.15) is 30.0 Å². The molecule has 0 aromatic heterocycles. The van der Waals surface area contributed by atoms with Gasteiger partial charge in [0.05, 0.1) is 10.6 Å². The largest absolute Gasteiger partial charge is 0.354 e. The van der Waals surface area contributed by atoms with Crippen LogP contribution in [0.25, 0.3) is 0 Å². The molecule has 4 aromatic rings. The Hall–Kier alpha value is -3.85. The number of nitrogens with one attached hydrogen (secondary N) is 1. The third-order valence-corrected chi connectivity index (χ3v) is 9.26. The van der Waals surface area contributed by atoms with Crippen molar-refractivity contribution in [3.63, 3.8) is 0 Å². The van der Waals surface area contributed by atoms with Crippen LogP contribution in [0.2, 0.25) is 10.0 Å². The molecule has 0 unspecified atom stereocenters. The molecule has 7 nitrogen and oxygen atoms in total. The molecular formula is C34H35Cl2N3O4S. The zero-order chi connectivity index (χ0) is 31.7. The van der Waals surface area contributed by atoms with Crippen molar-refractivity contribution in [1.29, 1.82) is 0 Å². The van der Waals surface area contributed by atoms with Crippen molar-refractivity contribution in [3.8, 4) is 0 Å². The Bertz CT molecular complexity index is 1650. The molecule has 2 amide bonds. The van der Waals surface area contributed by atoms with Crippen LogP contribution >= 0.6 is 23.2 Å². The lowest BCUT2D eigenvalue weighted by atomic mass is 10.0. The van der Waals surface area contributed by atoms with Crippen LogP contribution in [0.15, 0.2) is 108 Å². The standard InChI is InChI=1S/C34H35Cl2N3O4S/c1-3-18-37-34(41)32(19-26-10-6-4-7-11-26)38(23-27-12-8-5-9-13-27)33(40)24-39(30-21-28(35)20-29(36)22-30)44(42,43)31-16-14-25(2)15-17-31/h4-17,20-22,32H,3,18-19,23-24H2,1-2H3,(H,37,41)/t32-/m1/s1. The normalized spacial score (nSPS) is 11.9. The number of rotatable bonds is 13. The van der Waals surface area contributed by atoms with E-state index in [2.05, 4.69) is 5.32 Å². The van der Waals surface area contributed by atoms with Gasteiger partial charge in [-0.1, -0.05) is 108 Å². The second-order valence-electron chi connectivity index (χ2n) is 10.5. The fourth-order valence-corrected chi connectivity index (χ4v) is 6.66. The highest BCUT2D eigenvalue weighted by molar-refractivity contribution is 7.92. The number of amides is 2. The molecule has 0 aliphatic rings. The summed E-state index contributed by atoms with van der Waals surface area (Å²) in [4.78, 5) is 29.5. The van der Waals surface area contributed by atoms with E-state index in [9.17, 15) is 18.0 Å². The Morgan fingerprint density at radius 1 is 0.818 bits per heavy atom. The van der Waals surface area contributed by atoms with Gasteiger partial charge in [-0.2, -0.15) is 0 Å². The van der Waals surface area contributed by atoms with E-state index in [0.29, 0.717) is 13.0 Å². The van der Waals surface area contributed by atoms with Gasteiger partial charge in [-0.3, -0.25) is 13.9 Å². The number of sulfonamides is 1. The van der Waals surface area contributed by atoms with Crippen molar-refractivity contribution in [2.45, 2.75) is 44.2 Å². The summed E-state index contributed by atoms with van der Waals surface area (Å²) in [5.74, 6) is -0.882. The molecular weight excluding hydrogens is 617 g/mol. The smallest absolute Gasteiger partial charge is 0.264 e. The van der Waals surface area contributed by atoms with Crippen LogP contribution in [0.4, 0.5) is 5.69 Å². The maximum Gasteiger partial charge on any atom is 0.264 e. The van der Waals surface area contributed by atoms with Gasteiger partial charge in [-0.15, -0.1) is 0 Å². The Morgan fingerprint density at radius 2 is 1.39 bits per heavy atom. The van der Waals surface area contributed by atoms with Gasteiger partial charge in [-0.25, -0.2) is 8.42 Å². The molecule has 1 N–H and O–H groups in total. The van der Waals surface area contributed by atoms with Gasteiger partial charge < -0.3 is 10.2 Å². The van der Waals surface area contributed by atoms with E-state index in [4.69, 9.17) is 23.2 Å². The summed E-state index contributed by atoms with van der Waals surface area (Å²) in [6, 6.07) is 28.5. The van der Waals surface area contributed by atoms with Crippen LogP contribution in [0.5, 0.6) is 0 Å². The van der Waals surface area contributed by atoms with E-state index in [1.807, 2.05) is 74.5 Å². The van der Waals surface area contributed by atoms with Crippen molar-refractivity contribution in [2.24, 2.45) is 0 Å². The molecule has 0 aliphatic heterocycles. The maximum atomic E-state index is 14.4. The highest BCUT2D eigenvalue weighted by Gasteiger charge is 2.34. The Labute approximate surface area is 269 Å². The number of hydrogen-bond acceptors (Lipinski definition) is 4. The fourth-order valence-electron chi connectivity index (χ4n) is 4.75. The zero-order valence-corrected chi connectivity index (χ0v) is 26.9. The summed E-state index contributed by atoms with van der Waals surface area (Å²) in [6.07, 6.45) is 0.956. The average Bonchev–Trinajstić information content (AvgIpc) is 3.01. The molecule has 0 fully saturated rings. The molecule has 1 atom stereocenters. The number of anilines is 1. The lowest BCUT2D eigenvalue weighted by Crippen LogP contribution is -2.53. The molecule has 4 aromatic carbocycles. The molecule has 44 heavy (non-hydrogen) atoms. The van der Waals surface area contributed by atoms with Gasteiger partial charge in [0, 0.05) is 29.6 Å². The maximum absolute atomic E-state index is 14.4. The minimum Gasteiger partial charge on any atom is -0.354 e. The molecule has 0 radical (unpaired) electrons. The number of benzene rings is 4. The van der Waals surface area contributed by atoms with Crippen LogP contribution in [0.3, 0.4) is 0 Å². The van der Waals surface area contributed by atoms with Crippen LogP contribution < -0.4 is 9.62 Å². The van der Waals surface area contributed by atoms with Crippen LogP contribution in [-0.4, -0.2) is 44.3 Å². The lowest BCUT2D eigenvalue weighted by molar-refractivity contribution is -0.140. The first-order chi connectivity index (χ1) is 21.1. The van der Waals surface area contributed by atoms with Gasteiger partial charge in [0.25, 0.3) is 10.0 Å². The number of aryl methyl sites for hydroxylation is 1. The highest BCUT2D eigenvalue weighted by atomic mass is 35.5. The van der Waals surface area contributed by atoms with E-state index in [0.717, 1.165) is 21.0 Å². The summed E-state index contributed by atoms with van der Waals surface area (Å²) >= 11 is 12.6. The molecule has 0 bridgehead atoms. The Morgan fingerprint density at radius 3 is 1.95 bits per heavy atom. The zero-order valence-electron chi connectivity index (χ0n) is 24.6. The second kappa shape index (κ2) is 15.2. The number of carbonyl (C=O) groups excluding carboxylic acids is 2. The number of carbonyl (C=O) groups is 2. The summed E-state index contributed by atoms with van der Waals surface area (Å²) < 4.78 is 29.2. The number of nitrogens with zero attached hydrogens (tertiary/aromatic N) is 2. The SMILES string of the molecule is CCCNC(=O)[C@@H](Cc1ccccc1)N(Cc1ccccc1)C(=O)CN(c1cc(Cl)cc(Cl)c1)S(=O)(=O)c1ccc(C)cc1. The minimum atomic E-state index is -4.26. The fraction of sp³-hybridized carbons (Fsp3) is 0.235. The van der Waals surface area contributed by atoms with E-state index >= 15 is 0 Å². The Kier molecular flexibility index (Phi) is 11.4. The van der Waals surface area contributed by atoms with E-state index in [1.165, 1.54) is 35.2 Å². The molecule has 230 valence electrons. The molecule has 0 aliphatic carbocycles. The van der Waals surface area contributed by atoms with Crippen molar-refractivity contribution in [2.75, 3.05) is 17.4 Å². The van der Waals surface area contributed by atoms with Crippen molar-refractivity contribution in [3.05, 3.63) is 130 Å². The van der Waals surface area contributed by atoms with E-state index in [1.54, 1.807) is 12.1 Å². The summed E-state index contributed by atoms with van der Waals surface area (Å²) in [7, 11) is -4.26. The molecule has 4 rings (SSSR count). The van der Waals surface area contributed by atoms with E-state index < -0.39 is 28.5 Å². The first kappa shape index (κ1) is 33.1. The third-order valence-electron chi connectivity index (χ3n) is 7.04. The average molecular weight is 653 g/mol. The quantitative estimate of drug-likeness (QED) is 0.175. The summed E-state index contributed by atoms with van der Waals surface area (Å²) in [6.45, 7) is 3.74. The Balaban J connectivity index is 1.80. The van der Waals surface area contributed by atoms with Gasteiger partial charge >= 0.3 is 0 Å². The monoisotopic (exact) mass is 651 g/mol. The second-order valence-corrected chi connectivity index (χ2v) is 13.2. The van der Waals surface area contributed by atoms with E-state index in [-0.39, 0.29) is 39.5 Å². The van der Waals surface area contributed by atoms with Crippen molar-refractivity contribution in [1.82, 2.24) is 10.2 Å². The number of hydrogen-bond donors (Lipinski definition) is 1. The highest BCUT2D eigenvalue weighted by Crippen LogP contribution is 2.30. The molecule has 0 saturated heterocycles. The molecule has 0 heterocycles. The van der Waals surface area contributed by atoms with Gasteiger partial charge in [0.15, 0.2) is 0 Å². The lowest BCUT2D eigenvalue weighted by Gasteiger charge is -2.34. The van der Waals surface area contributed by atoms with Gasteiger partial charge in [-0.05, 0) is 54.8 Å². The summed E-state index contributed by atoms with van der Waals surface area (Å²) in [5.41, 5.74) is 2.67. The van der Waals surface area contributed by atoms with Crippen molar-refractivity contribution < 1.29 is 18.0 Å². The third kappa shape index (κ3) is 8.62. The van der Waals surface area contributed by atoms with Crippen molar-refractivity contribution >= 4 is 50.7 Å². The number of halogens is 2. The molecule has 0 spiro atoms. The molecule has 0 saturated carbocycles. The summed E-state index contributed by atoms with van der Waals surface area (Å²) in [5, 5.41) is 3.36. The molecule has 10 heteroatoms. The van der Waals surface area contributed by atoms with Crippen LogP contribution in [0, 0.1) is 6.92 Å². The topological polar surface area (TPSA) is 86.8 Å². The van der Waals surface area contributed by atoms with Gasteiger partial charge in [0.2, 0.25) is 11.8 Å². The van der Waals surface area contributed by atoms with Crippen LogP contribution in [-0.2, 0) is 32.6 Å². The van der Waals surface area contributed by atoms with Gasteiger partial charge in [0.1, 0.15) is 12.6 Å². The first-order valence-electron chi connectivity index (χ1n) is 14.3. The predicted octanol–water partition coefficient (Wildman–Crippen LogP) is 6.66. The predicted molar refractivity (Wildman–Crippen MR) is 176 cm³/mol.